The van der Waals surface area contributed by atoms with Crippen LogP contribution in [-0.2, 0) is 37.0 Å². The lowest BCUT2D eigenvalue weighted by atomic mass is 10.2. The van der Waals surface area contributed by atoms with E-state index in [-0.39, 0.29) is 17.9 Å². The van der Waals surface area contributed by atoms with Crippen LogP contribution in [0.3, 0.4) is 0 Å². The molecule has 3 rings (SSSR count). The van der Waals surface area contributed by atoms with Crippen LogP contribution in [0.4, 0.5) is 13.2 Å². The van der Waals surface area contributed by atoms with Crippen LogP contribution in [0.15, 0.2) is 47.4 Å². The molecule has 0 aliphatic rings. The van der Waals surface area contributed by atoms with Crippen molar-refractivity contribution >= 4 is 25.8 Å². The number of alkyl halides is 3. The van der Waals surface area contributed by atoms with E-state index in [9.17, 15) is 34.8 Å². The van der Waals surface area contributed by atoms with Crippen LogP contribution >= 0.6 is 0 Å². The molecule has 0 unspecified atom stereocenters. The molecule has 2 heterocycles. The topological polar surface area (TPSA) is 137 Å². The van der Waals surface area contributed by atoms with E-state index in [2.05, 4.69) is 9.28 Å². The number of nitrogens with zero attached hydrogens (tertiary/aromatic N) is 3. The fraction of sp³-hybridized carbons (Fsp3) is 0.294. The summed E-state index contributed by atoms with van der Waals surface area (Å²) < 4.78 is 95.6. The number of hydrogen-bond acceptors (Lipinski definition) is 7. The molecule has 10 nitrogen and oxygen atoms in total. The lowest BCUT2D eigenvalue weighted by molar-refractivity contribution is -0.136. The van der Waals surface area contributed by atoms with Crippen LogP contribution in [0.2, 0.25) is 0 Å². The van der Waals surface area contributed by atoms with Crippen LogP contribution < -0.4 is 5.56 Å². The van der Waals surface area contributed by atoms with Gasteiger partial charge < -0.3 is 0 Å². The van der Waals surface area contributed by atoms with Gasteiger partial charge in [-0.3, -0.25) is 18.1 Å². The van der Waals surface area contributed by atoms with Crippen molar-refractivity contribution in [2.45, 2.75) is 12.6 Å². The molecule has 32 heavy (non-hydrogen) atoms. The highest BCUT2D eigenvalue weighted by atomic mass is 32.2. The van der Waals surface area contributed by atoms with E-state index in [0.29, 0.717) is 0 Å². The Bertz CT molecular complexity index is 1360. The van der Waals surface area contributed by atoms with Crippen LogP contribution in [0.5, 0.6) is 0 Å². The van der Waals surface area contributed by atoms with Crippen molar-refractivity contribution in [1.82, 2.24) is 14.2 Å². The van der Waals surface area contributed by atoms with Gasteiger partial charge in [0.1, 0.15) is 11.3 Å². The summed E-state index contributed by atoms with van der Waals surface area (Å²) in [4.78, 5) is 12.8. The van der Waals surface area contributed by atoms with Crippen LogP contribution in [0, 0.1) is 0 Å². The number of aromatic nitrogens is 3. The molecule has 0 fully saturated rings. The van der Waals surface area contributed by atoms with Crippen molar-refractivity contribution in [2.24, 2.45) is 0 Å². The van der Waals surface area contributed by atoms with Crippen molar-refractivity contribution in [3.05, 3.63) is 64.3 Å². The maximum atomic E-state index is 13.2. The summed E-state index contributed by atoms with van der Waals surface area (Å²) in [5.74, 6) is -0.832. The van der Waals surface area contributed by atoms with E-state index >= 15 is 0 Å². The molecule has 0 spiro atoms. The first-order valence-corrected chi connectivity index (χ1v) is 12.0. The van der Waals surface area contributed by atoms with Gasteiger partial charge in [-0.15, -0.1) is 0 Å². The predicted molar refractivity (Wildman–Crippen MR) is 108 cm³/mol. The summed E-state index contributed by atoms with van der Waals surface area (Å²) in [5.41, 5.74) is -2.57. The second-order valence-electron chi connectivity index (χ2n) is 6.32. The summed E-state index contributed by atoms with van der Waals surface area (Å²) in [6, 6.07) is 8.48. The summed E-state index contributed by atoms with van der Waals surface area (Å²) in [7, 11) is -6.39. The van der Waals surface area contributed by atoms with Gasteiger partial charge in [-0.1, -0.05) is 18.2 Å². The molecule has 2 aromatic heterocycles. The molecule has 1 aromatic carbocycles. The molecule has 0 radical (unpaired) electrons. The normalized spacial score (nSPS) is 12.4. The second kappa shape index (κ2) is 9.40. The van der Waals surface area contributed by atoms with Crippen molar-refractivity contribution in [3.8, 4) is 5.69 Å². The number of halogens is 3. The number of aryl methyl sites for hydroxylation is 1. The Morgan fingerprint density at radius 3 is 2.12 bits per heavy atom. The summed E-state index contributed by atoms with van der Waals surface area (Å²) in [6.07, 6.45) is -3.14. The van der Waals surface area contributed by atoms with Crippen LogP contribution in [0.1, 0.15) is 11.4 Å². The molecule has 3 aromatic rings. The molecule has 0 aliphatic carbocycles. The minimum absolute atomic E-state index is 0.101. The zero-order valence-corrected chi connectivity index (χ0v) is 18.3. The van der Waals surface area contributed by atoms with E-state index in [1.165, 1.54) is 12.1 Å². The monoisotopic (exact) mass is 497 g/mol. The quantitative estimate of drug-likeness (QED) is 0.414. The largest absolute Gasteiger partial charge is 0.418 e. The van der Waals surface area contributed by atoms with Gasteiger partial charge in [0.05, 0.1) is 30.4 Å². The number of para-hydroxylation sites is 1. The van der Waals surface area contributed by atoms with Crippen molar-refractivity contribution < 1.29 is 38.7 Å². The molecule has 0 amide bonds. The van der Waals surface area contributed by atoms with Crippen LogP contribution in [-0.4, -0.2) is 54.7 Å². The third kappa shape index (κ3) is 6.62. The Kier molecular flexibility index (Phi) is 7.49. The highest BCUT2D eigenvalue weighted by Gasteiger charge is 2.35. The third-order valence-electron chi connectivity index (χ3n) is 3.96. The lowest BCUT2D eigenvalue weighted by Crippen LogP contribution is -2.28. The van der Waals surface area contributed by atoms with Gasteiger partial charge in [0.2, 0.25) is 0 Å². The van der Waals surface area contributed by atoms with E-state index < -0.39 is 48.8 Å². The first kappa shape index (κ1) is 25.5. The highest BCUT2D eigenvalue weighted by Crippen LogP contribution is 2.31. The van der Waals surface area contributed by atoms with E-state index in [4.69, 9.17) is 4.55 Å². The van der Waals surface area contributed by atoms with Gasteiger partial charge in [0.15, 0.2) is 0 Å². The van der Waals surface area contributed by atoms with Gasteiger partial charge in [0, 0.05) is 12.6 Å². The van der Waals surface area contributed by atoms with Crippen molar-refractivity contribution in [3.63, 3.8) is 0 Å². The minimum Gasteiger partial charge on any atom is -0.286 e. The average Bonchev–Trinajstić information content (AvgIpc) is 3.11. The zero-order chi connectivity index (χ0) is 24.3. The fourth-order valence-corrected chi connectivity index (χ4v) is 3.01. The Morgan fingerprint density at radius 1 is 1.09 bits per heavy atom. The maximum Gasteiger partial charge on any atom is 0.418 e. The molecule has 0 bridgehead atoms. The van der Waals surface area contributed by atoms with Crippen molar-refractivity contribution in [1.29, 1.82) is 0 Å². The number of hydrogen-bond donors (Lipinski definition) is 1. The summed E-state index contributed by atoms with van der Waals surface area (Å²) >= 11 is 0. The van der Waals surface area contributed by atoms with E-state index in [1.807, 2.05) is 0 Å². The zero-order valence-electron chi connectivity index (χ0n) is 16.6. The van der Waals surface area contributed by atoms with Gasteiger partial charge in [-0.25, -0.2) is 4.52 Å². The van der Waals surface area contributed by atoms with Gasteiger partial charge in [-0.2, -0.15) is 35.1 Å². The Morgan fingerprint density at radius 2 is 1.66 bits per heavy atom. The molecular formula is C17H18F3N3O7S2. The smallest absolute Gasteiger partial charge is 0.286 e. The molecule has 0 aliphatic heterocycles. The molecular weight excluding hydrogens is 479 g/mol. The number of fused-ring (bicyclic) bond motifs is 1. The summed E-state index contributed by atoms with van der Waals surface area (Å²) in [6.45, 7) is 0. The second-order valence-corrected chi connectivity index (χ2v) is 9.63. The third-order valence-corrected chi connectivity index (χ3v) is 5.29. The van der Waals surface area contributed by atoms with Gasteiger partial charge >= 0.3 is 6.18 Å². The molecule has 0 atom stereocenters. The first-order valence-electron chi connectivity index (χ1n) is 8.60. The molecule has 15 heteroatoms. The highest BCUT2D eigenvalue weighted by molar-refractivity contribution is 7.86. The maximum absolute atomic E-state index is 13.2. The molecule has 0 saturated carbocycles. The van der Waals surface area contributed by atoms with Gasteiger partial charge in [0.25, 0.3) is 25.8 Å². The van der Waals surface area contributed by atoms with E-state index in [1.54, 1.807) is 18.2 Å². The Labute approximate surface area is 180 Å². The number of rotatable bonds is 5. The molecule has 1 N–H and O–H groups in total. The number of benzene rings is 1. The molecule has 0 saturated heterocycles. The SMILES string of the molecule is COS(C)(=O)=O.O=c1c2c(C(F)(F)F)ccn2nc(CCS(=O)(=O)O)n1-c1ccccc1. The van der Waals surface area contributed by atoms with Crippen LogP contribution in [0.25, 0.3) is 11.2 Å². The Balaban J connectivity index is 0.000000534. The van der Waals surface area contributed by atoms with E-state index in [0.717, 1.165) is 34.7 Å². The molecule has 176 valence electrons. The lowest BCUT2D eigenvalue weighted by Gasteiger charge is -2.13. The Hall–Kier alpha value is -2.75. The first-order chi connectivity index (χ1) is 14.6. The average molecular weight is 497 g/mol. The predicted octanol–water partition coefficient (Wildman–Crippen LogP) is 1.53. The van der Waals surface area contributed by atoms with Crippen molar-refractivity contribution in [2.75, 3.05) is 19.1 Å². The standard InChI is InChI=1S/C15H12F3N3O4S.C2H6O3S/c16-15(17,18)11-6-8-20-13(11)14(22)21(10-4-2-1-3-5-10)12(19-20)7-9-26(23,24)25;1-5-6(2,3)4/h1-6,8H,7,9H2,(H,23,24,25);1-2H3. The summed E-state index contributed by atoms with van der Waals surface area (Å²) in [5, 5.41) is 3.95. The van der Waals surface area contributed by atoms with Gasteiger partial charge in [-0.05, 0) is 18.2 Å². The fourth-order valence-electron chi connectivity index (χ4n) is 2.56. The minimum atomic E-state index is -4.75.